The molecule has 1 heterocycles. The molecule has 0 saturated heterocycles. The van der Waals surface area contributed by atoms with Gasteiger partial charge in [0.1, 0.15) is 11.6 Å². The van der Waals surface area contributed by atoms with Gasteiger partial charge in [-0.15, -0.1) is 5.10 Å². The van der Waals surface area contributed by atoms with Crippen molar-refractivity contribution in [2.45, 2.75) is 64.6 Å². The molecule has 1 unspecified atom stereocenters. The smallest absolute Gasteiger partial charge is 0.324 e. The van der Waals surface area contributed by atoms with Gasteiger partial charge in [0, 0.05) is 24.3 Å². The molecule has 6 aromatic carbocycles. The molecule has 10 heteroatoms. The molecule has 0 aliphatic carbocycles. The Balaban J connectivity index is 1.14. The summed E-state index contributed by atoms with van der Waals surface area (Å²) in [6.07, 6.45) is 0. The third-order valence-corrected chi connectivity index (χ3v) is 11.0. The number of ether oxygens (including phenoxy) is 1. The molecule has 2 amide bonds. The van der Waals surface area contributed by atoms with Crippen LogP contribution in [0.25, 0.3) is 22.5 Å². The Hall–Kier alpha value is -6.91. The first kappa shape index (κ1) is 42.2. The minimum atomic E-state index is -0.897. The maximum atomic E-state index is 13.3. The van der Waals surface area contributed by atoms with Crippen LogP contribution >= 0.6 is 0 Å². The fourth-order valence-corrected chi connectivity index (χ4v) is 7.99. The van der Waals surface area contributed by atoms with E-state index in [-0.39, 0.29) is 31.0 Å². The van der Waals surface area contributed by atoms with Crippen molar-refractivity contribution in [3.8, 4) is 22.5 Å². The highest BCUT2D eigenvalue weighted by Crippen LogP contribution is 2.43. The van der Waals surface area contributed by atoms with Crippen molar-refractivity contribution in [2.75, 3.05) is 18.5 Å². The number of carbonyl (C=O) groups is 2. The van der Waals surface area contributed by atoms with E-state index < -0.39 is 17.6 Å². The third-order valence-electron chi connectivity index (χ3n) is 11.0. The lowest BCUT2D eigenvalue weighted by Crippen LogP contribution is -2.47. The highest BCUT2D eigenvalue weighted by Gasteiger charge is 2.42. The molecule has 0 fully saturated rings. The summed E-state index contributed by atoms with van der Waals surface area (Å²) in [6.45, 7) is 10.8. The average Bonchev–Trinajstić information content (AvgIpc) is 3.78. The van der Waals surface area contributed by atoms with E-state index in [0.717, 1.165) is 55.8 Å². The zero-order chi connectivity index (χ0) is 42.8. The number of para-hydroxylation sites is 1. The van der Waals surface area contributed by atoms with Gasteiger partial charge >= 0.3 is 12.0 Å². The summed E-state index contributed by atoms with van der Waals surface area (Å²) in [5.41, 5.74) is 8.84. The van der Waals surface area contributed by atoms with Crippen molar-refractivity contribution >= 4 is 17.7 Å². The molecule has 7 rings (SSSR count). The fourth-order valence-electron chi connectivity index (χ4n) is 7.99. The molecule has 310 valence electrons. The largest absolute Gasteiger partial charge is 0.465 e. The molecule has 1 aromatic heterocycles. The molecule has 0 saturated carbocycles. The van der Waals surface area contributed by atoms with Crippen LogP contribution in [0, 0.1) is 0 Å². The second kappa shape index (κ2) is 19.4. The van der Waals surface area contributed by atoms with Gasteiger partial charge in [0.05, 0.1) is 6.61 Å². The van der Waals surface area contributed by atoms with Crippen LogP contribution in [0.1, 0.15) is 79.8 Å². The Bertz CT molecular complexity index is 2400. The summed E-state index contributed by atoms with van der Waals surface area (Å²) >= 11 is 0. The number of nitrogens with zero attached hydrogens (tertiary/aromatic N) is 4. The molecule has 61 heavy (non-hydrogen) atoms. The lowest BCUT2D eigenvalue weighted by atomic mass is 9.77. The molecule has 0 bridgehead atoms. The molecule has 7 aromatic rings. The normalized spacial score (nSPS) is 12.0. The quantitative estimate of drug-likeness (QED) is 0.0656. The standard InChI is InChI=1S/C51H53N7O3/c1-6-61-49(59)46(34-53-50(60)54-47-42(35(2)3)27-18-28-43(47)36(4)5)52-33-37-29-31-38(32-30-37)44-25-16-17-26-45(44)48-55-56-57-58(48)51(39-19-10-7-11-20-39,40-21-12-8-13-22-40)41-23-14-9-15-24-41/h7-32,35-36,46,52H,6,33-34H2,1-5H3,(H2,53,54,60). The van der Waals surface area contributed by atoms with Crippen LogP contribution in [0.3, 0.4) is 0 Å². The first-order valence-corrected chi connectivity index (χ1v) is 20.9. The summed E-state index contributed by atoms with van der Waals surface area (Å²) in [4.78, 5) is 26.4. The number of hydrogen-bond donors (Lipinski definition) is 3. The van der Waals surface area contributed by atoms with Crippen LogP contribution in [0.5, 0.6) is 0 Å². The van der Waals surface area contributed by atoms with Crippen LogP contribution in [-0.2, 0) is 21.6 Å². The zero-order valence-corrected chi connectivity index (χ0v) is 35.4. The number of anilines is 1. The lowest BCUT2D eigenvalue weighted by molar-refractivity contribution is -0.145. The molecule has 1 atom stereocenters. The van der Waals surface area contributed by atoms with Crippen molar-refractivity contribution in [3.05, 3.63) is 191 Å². The Kier molecular flexibility index (Phi) is 13.5. The Labute approximate surface area is 358 Å². The number of benzene rings is 6. The van der Waals surface area contributed by atoms with E-state index in [2.05, 4.69) is 110 Å². The summed E-state index contributed by atoms with van der Waals surface area (Å²) in [5, 5.41) is 23.1. The predicted molar refractivity (Wildman–Crippen MR) is 242 cm³/mol. The number of esters is 1. The van der Waals surface area contributed by atoms with Gasteiger partial charge in [-0.1, -0.05) is 185 Å². The second-order valence-electron chi connectivity index (χ2n) is 15.6. The molecular formula is C51H53N7O3. The van der Waals surface area contributed by atoms with Gasteiger partial charge in [0.25, 0.3) is 0 Å². The Morgan fingerprint density at radius 3 is 1.70 bits per heavy atom. The van der Waals surface area contributed by atoms with Crippen molar-refractivity contribution in [1.82, 2.24) is 30.8 Å². The maximum Gasteiger partial charge on any atom is 0.324 e. The number of amides is 2. The Morgan fingerprint density at radius 2 is 1.18 bits per heavy atom. The van der Waals surface area contributed by atoms with E-state index in [0.29, 0.717) is 12.4 Å². The molecule has 10 nitrogen and oxygen atoms in total. The number of rotatable bonds is 16. The monoisotopic (exact) mass is 811 g/mol. The number of hydrogen-bond acceptors (Lipinski definition) is 7. The molecule has 0 spiro atoms. The van der Waals surface area contributed by atoms with E-state index in [1.807, 2.05) is 102 Å². The van der Waals surface area contributed by atoms with Crippen molar-refractivity contribution < 1.29 is 14.3 Å². The molecule has 0 aliphatic rings. The van der Waals surface area contributed by atoms with E-state index in [4.69, 9.17) is 15.0 Å². The third kappa shape index (κ3) is 9.15. The predicted octanol–water partition coefficient (Wildman–Crippen LogP) is 9.94. The zero-order valence-electron chi connectivity index (χ0n) is 35.4. The summed E-state index contributed by atoms with van der Waals surface area (Å²) in [5.74, 6) is 0.616. The highest BCUT2D eigenvalue weighted by molar-refractivity contribution is 5.92. The van der Waals surface area contributed by atoms with Gasteiger partial charge < -0.3 is 15.4 Å². The van der Waals surface area contributed by atoms with Crippen molar-refractivity contribution in [1.29, 1.82) is 0 Å². The lowest BCUT2D eigenvalue weighted by Gasteiger charge is -2.36. The number of carbonyl (C=O) groups excluding carboxylic acids is 2. The number of tetrazole rings is 1. The molecule has 0 aliphatic heterocycles. The number of urea groups is 1. The second-order valence-corrected chi connectivity index (χ2v) is 15.6. The van der Waals surface area contributed by atoms with Gasteiger partial charge in [-0.05, 0) is 73.7 Å². The minimum Gasteiger partial charge on any atom is -0.465 e. The Morgan fingerprint density at radius 1 is 0.656 bits per heavy atom. The van der Waals surface area contributed by atoms with E-state index >= 15 is 0 Å². The molecular weight excluding hydrogens is 759 g/mol. The van der Waals surface area contributed by atoms with Gasteiger partial charge in [0.2, 0.25) is 0 Å². The first-order chi connectivity index (χ1) is 29.7. The van der Waals surface area contributed by atoms with Crippen LogP contribution < -0.4 is 16.0 Å². The van der Waals surface area contributed by atoms with Crippen LogP contribution in [-0.4, -0.2) is 51.4 Å². The topological polar surface area (TPSA) is 123 Å². The average molecular weight is 812 g/mol. The van der Waals surface area contributed by atoms with E-state index in [9.17, 15) is 9.59 Å². The van der Waals surface area contributed by atoms with Crippen molar-refractivity contribution in [2.24, 2.45) is 0 Å². The highest BCUT2D eigenvalue weighted by atomic mass is 16.5. The summed E-state index contributed by atoms with van der Waals surface area (Å²) in [7, 11) is 0. The van der Waals surface area contributed by atoms with Crippen LogP contribution in [0.15, 0.2) is 158 Å². The summed E-state index contributed by atoms with van der Waals surface area (Å²) < 4.78 is 7.34. The molecule has 3 N–H and O–H groups in total. The SMILES string of the molecule is CCOC(=O)C(CNC(=O)Nc1c(C(C)C)cccc1C(C)C)NCc1ccc(-c2ccccc2-c2nnnn2C(c2ccccc2)(c2ccccc2)c2ccccc2)cc1. The maximum absolute atomic E-state index is 13.3. The van der Waals surface area contributed by atoms with E-state index in [1.54, 1.807) is 6.92 Å². The van der Waals surface area contributed by atoms with Crippen LogP contribution in [0.2, 0.25) is 0 Å². The number of nitrogens with one attached hydrogen (secondary N) is 3. The first-order valence-electron chi connectivity index (χ1n) is 20.9. The van der Waals surface area contributed by atoms with Gasteiger partial charge in [-0.3, -0.25) is 10.1 Å². The van der Waals surface area contributed by atoms with Gasteiger partial charge in [-0.25, -0.2) is 9.48 Å². The van der Waals surface area contributed by atoms with Crippen LogP contribution in [0.4, 0.5) is 10.5 Å². The molecule has 0 radical (unpaired) electrons. The van der Waals surface area contributed by atoms with E-state index in [1.165, 1.54) is 0 Å². The minimum absolute atomic E-state index is 0.0438. The van der Waals surface area contributed by atoms with Gasteiger partial charge in [0.15, 0.2) is 5.82 Å². The number of aromatic nitrogens is 4. The van der Waals surface area contributed by atoms with Crippen molar-refractivity contribution in [3.63, 3.8) is 0 Å². The fraction of sp³-hybridized carbons (Fsp3) is 0.235. The summed E-state index contributed by atoms with van der Waals surface area (Å²) in [6, 6.07) is 52.3. The van der Waals surface area contributed by atoms with Gasteiger partial charge in [-0.2, -0.15) is 0 Å².